The number of hydrogen-bond acceptors (Lipinski definition) is 3. The molecule has 1 fully saturated rings. The van der Waals surface area contributed by atoms with E-state index in [4.69, 9.17) is 11.6 Å². The maximum absolute atomic E-state index is 13.9. The molecule has 0 atom stereocenters. The van der Waals surface area contributed by atoms with E-state index in [0.717, 1.165) is 18.9 Å². The highest BCUT2D eigenvalue weighted by Gasteiger charge is 2.24. The Morgan fingerprint density at radius 3 is 2.67 bits per heavy atom. The summed E-state index contributed by atoms with van der Waals surface area (Å²) in [5, 5.41) is 3.20. The largest absolute Gasteiger partial charge is 0.310 e. The van der Waals surface area contributed by atoms with Crippen LogP contribution < -0.4 is 5.32 Å². The molecule has 7 heteroatoms. The molecule has 1 aliphatic rings. The summed E-state index contributed by atoms with van der Waals surface area (Å²) in [6.07, 6.45) is 2.89. The first-order valence-corrected chi connectivity index (χ1v) is 8.85. The predicted octanol–water partition coefficient (Wildman–Crippen LogP) is 2.76. The molecule has 2 rings (SSSR count). The first-order valence-electron chi connectivity index (χ1n) is 7.04. The van der Waals surface area contributed by atoms with Crippen LogP contribution in [0.25, 0.3) is 0 Å². The fourth-order valence-corrected chi connectivity index (χ4v) is 3.56. The number of hydrogen-bond donors (Lipinski definition) is 1. The first kappa shape index (κ1) is 16.7. The van der Waals surface area contributed by atoms with Crippen molar-refractivity contribution in [2.45, 2.75) is 43.7 Å². The van der Waals surface area contributed by atoms with Crippen LogP contribution in [-0.2, 0) is 16.6 Å². The van der Waals surface area contributed by atoms with E-state index in [1.165, 1.54) is 17.4 Å². The van der Waals surface area contributed by atoms with Gasteiger partial charge in [-0.15, -0.1) is 0 Å². The van der Waals surface area contributed by atoms with Gasteiger partial charge in [-0.3, -0.25) is 0 Å². The van der Waals surface area contributed by atoms with Crippen LogP contribution in [0.5, 0.6) is 0 Å². The van der Waals surface area contributed by atoms with Crippen molar-refractivity contribution in [1.29, 1.82) is 0 Å². The SMILES string of the molecule is CCCN(C)S(=O)(=O)c1cc(F)c(Cl)c(CNC2CC2)c1. The predicted molar refractivity (Wildman–Crippen MR) is 81.4 cm³/mol. The maximum Gasteiger partial charge on any atom is 0.242 e. The van der Waals surface area contributed by atoms with Crippen LogP contribution in [0.2, 0.25) is 5.02 Å². The summed E-state index contributed by atoms with van der Waals surface area (Å²) >= 11 is 5.94. The van der Waals surface area contributed by atoms with Crippen molar-refractivity contribution in [2.75, 3.05) is 13.6 Å². The van der Waals surface area contributed by atoms with Gasteiger partial charge in [0.25, 0.3) is 0 Å². The Labute approximate surface area is 130 Å². The summed E-state index contributed by atoms with van der Waals surface area (Å²) in [6.45, 7) is 2.66. The van der Waals surface area contributed by atoms with Crippen molar-refractivity contribution in [3.63, 3.8) is 0 Å². The molecule has 118 valence electrons. The second-order valence-electron chi connectivity index (χ2n) is 5.36. The topological polar surface area (TPSA) is 49.4 Å². The number of rotatable bonds is 7. The van der Waals surface area contributed by atoms with Crippen LogP contribution >= 0.6 is 11.6 Å². The lowest BCUT2D eigenvalue weighted by Crippen LogP contribution is -2.28. The van der Waals surface area contributed by atoms with Gasteiger partial charge >= 0.3 is 0 Å². The van der Waals surface area contributed by atoms with Crippen molar-refractivity contribution in [1.82, 2.24) is 9.62 Å². The van der Waals surface area contributed by atoms with E-state index in [9.17, 15) is 12.8 Å². The molecule has 0 unspecified atom stereocenters. The van der Waals surface area contributed by atoms with E-state index in [1.807, 2.05) is 6.92 Å². The Morgan fingerprint density at radius 2 is 2.10 bits per heavy atom. The minimum Gasteiger partial charge on any atom is -0.310 e. The zero-order valence-electron chi connectivity index (χ0n) is 12.2. The van der Waals surface area contributed by atoms with Crippen LogP contribution in [0.1, 0.15) is 31.7 Å². The Hall–Kier alpha value is -0.690. The molecule has 0 spiro atoms. The molecular formula is C14H20ClFN2O2S. The zero-order chi connectivity index (χ0) is 15.6. The van der Waals surface area contributed by atoms with Gasteiger partial charge in [-0.05, 0) is 37.0 Å². The maximum atomic E-state index is 13.9. The van der Waals surface area contributed by atoms with E-state index in [0.29, 0.717) is 31.1 Å². The normalized spacial score (nSPS) is 15.7. The molecular weight excluding hydrogens is 315 g/mol. The highest BCUT2D eigenvalue weighted by atomic mass is 35.5. The Kier molecular flexibility index (Phi) is 5.24. The molecule has 0 heterocycles. The van der Waals surface area contributed by atoms with Gasteiger partial charge in [0, 0.05) is 26.2 Å². The van der Waals surface area contributed by atoms with Gasteiger partial charge in [0.15, 0.2) is 0 Å². The molecule has 1 aliphatic carbocycles. The molecule has 1 aromatic rings. The second kappa shape index (κ2) is 6.60. The molecule has 1 aromatic carbocycles. The lowest BCUT2D eigenvalue weighted by molar-refractivity contribution is 0.467. The summed E-state index contributed by atoms with van der Waals surface area (Å²) in [6, 6.07) is 2.89. The average Bonchev–Trinajstić information content (AvgIpc) is 3.24. The number of nitrogens with zero attached hydrogens (tertiary/aromatic N) is 1. The van der Waals surface area contributed by atoms with Gasteiger partial charge in [-0.1, -0.05) is 18.5 Å². The Bertz CT molecular complexity index is 618. The molecule has 0 saturated heterocycles. The van der Waals surface area contributed by atoms with Gasteiger partial charge in [0.05, 0.1) is 9.92 Å². The van der Waals surface area contributed by atoms with E-state index in [-0.39, 0.29) is 9.92 Å². The number of halogens is 2. The van der Waals surface area contributed by atoms with E-state index >= 15 is 0 Å². The van der Waals surface area contributed by atoms with Gasteiger partial charge in [-0.25, -0.2) is 17.1 Å². The van der Waals surface area contributed by atoms with Crippen molar-refractivity contribution in [3.05, 3.63) is 28.5 Å². The zero-order valence-corrected chi connectivity index (χ0v) is 13.8. The van der Waals surface area contributed by atoms with Gasteiger partial charge in [0.1, 0.15) is 5.82 Å². The second-order valence-corrected chi connectivity index (χ2v) is 7.78. The summed E-state index contributed by atoms with van der Waals surface area (Å²) in [4.78, 5) is -0.0482. The monoisotopic (exact) mass is 334 g/mol. The van der Waals surface area contributed by atoms with Crippen LogP contribution in [0.15, 0.2) is 17.0 Å². The highest BCUT2D eigenvalue weighted by Crippen LogP contribution is 2.27. The van der Waals surface area contributed by atoms with E-state index < -0.39 is 15.8 Å². The molecule has 0 aromatic heterocycles. The minimum atomic E-state index is -3.68. The van der Waals surface area contributed by atoms with Gasteiger partial charge in [0.2, 0.25) is 10.0 Å². The summed E-state index contributed by atoms with van der Waals surface area (Å²) in [7, 11) is -2.19. The molecule has 1 saturated carbocycles. The molecule has 0 amide bonds. The van der Waals surface area contributed by atoms with Crippen molar-refractivity contribution in [3.8, 4) is 0 Å². The van der Waals surface area contributed by atoms with Crippen LogP contribution in [0.3, 0.4) is 0 Å². The van der Waals surface area contributed by atoms with Crippen LogP contribution in [0, 0.1) is 5.82 Å². The van der Waals surface area contributed by atoms with Crippen LogP contribution in [0.4, 0.5) is 4.39 Å². The summed E-state index contributed by atoms with van der Waals surface area (Å²) in [5.41, 5.74) is 0.479. The van der Waals surface area contributed by atoms with Gasteiger partial charge in [-0.2, -0.15) is 0 Å². The average molecular weight is 335 g/mol. The first-order chi connectivity index (χ1) is 9.86. The smallest absolute Gasteiger partial charge is 0.242 e. The van der Waals surface area contributed by atoms with Crippen molar-refractivity contribution in [2.24, 2.45) is 0 Å². The molecule has 0 radical (unpaired) electrons. The lowest BCUT2D eigenvalue weighted by Gasteiger charge is -2.17. The molecule has 0 bridgehead atoms. The van der Waals surface area contributed by atoms with Crippen LogP contribution in [-0.4, -0.2) is 32.4 Å². The Morgan fingerprint density at radius 1 is 1.43 bits per heavy atom. The third-order valence-corrected chi connectivity index (χ3v) is 5.74. The third-order valence-electron chi connectivity index (χ3n) is 3.48. The number of sulfonamides is 1. The lowest BCUT2D eigenvalue weighted by atomic mass is 10.2. The van der Waals surface area contributed by atoms with Crippen molar-refractivity contribution >= 4 is 21.6 Å². The minimum absolute atomic E-state index is 0.0137. The number of nitrogens with one attached hydrogen (secondary N) is 1. The van der Waals surface area contributed by atoms with E-state index in [2.05, 4.69) is 5.32 Å². The Balaban J connectivity index is 2.30. The summed E-state index contributed by atoms with van der Waals surface area (Å²) in [5.74, 6) is -0.699. The van der Waals surface area contributed by atoms with Gasteiger partial charge < -0.3 is 5.32 Å². The number of benzene rings is 1. The standard InChI is InChI=1S/C14H20ClFN2O2S/c1-3-6-18(2)21(19,20)12-7-10(9-17-11-4-5-11)14(15)13(16)8-12/h7-8,11,17H,3-6,9H2,1-2H3. The van der Waals surface area contributed by atoms with E-state index in [1.54, 1.807) is 0 Å². The fourth-order valence-electron chi connectivity index (χ4n) is 2.05. The molecule has 1 N–H and O–H groups in total. The summed E-state index contributed by atoms with van der Waals surface area (Å²) < 4.78 is 39.9. The molecule has 4 nitrogen and oxygen atoms in total. The third kappa shape index (κ3) is 3.94. The fraction of sp³-hybridized carbons (Fsp3) is 0.571. The molecule has 21 heavy (non-hydrogen) atoms. The quantitative estimate of drug-likeness (QED) is 0.834. The molecule has 0 aliphatic heterocycles. The van der Waals surface area contributed by atoms with Crippen molar-refractivity contribution < 1.29 is 12.8 Å². The highest BCUT2D eigenvalue weighted by molar-refractivity contribution is 7.89.